The van der Waals surface area contributed by atoms with Gasteiger partial charge in [0.2, 0.25) is 12.7 Å². The van der Waals surface area contributed by atoms with Crippen LogP contribution in [0.4, 0.5) is 5.69 Å². The van der Waals surface area contributed by atoms with Gasteiger partial charge in [-0.3, -0.25) is 19.2 Å². The van der Waals surface area contributed by atoms with Gasteiger partial charge in [0.15, 0.2) is 0 Å². The van der Waals surface area contributed by atoms with Gasteiger partial charge in [-0.15, -0.1) is 0 Å². The van der Waals surface area contributed by atoms with Crippen LogP contribution in [0.15, 0.2) is 72.9 Å². The van der Waals surface area contributed by atoms with Crippen molar-refractivity contribution in [1.29, 1.82) is 0 Å². The first-order valence-corrected chi connectivity index (χ1v) is 19.8. The quantitative estimate of drug-likeness (QED) is 0.0841. The van der Waals surface area contributed by atoms with Crippen LogP contribution in [-0.2, 0) is 23.8 Å². The van der Waals surface area contributed by atoms with Crippen LogP contribution in [0.3, 0.4) is 0 Å². The predicted octanol–water partition coefficient (Wildman–Crippen LogP) is 6.76. The minimum Gasteiger partial charge on any atom is -0.465 e. The van der Waals surface area contributed by atoms with E-state index in [9.17, 15) is 28.8 Å². The van der Waals surface area contributed by atoms with E-state index in [0.717, 1.165) is 47.9 Å². The molecular weight excluding hydrogens is 741 g/mol. The lowest BCUT2D eigenvalue weighted by atomic mass is 9.49. The zero-order valence-corrected chi connectivity index (χ0v) is 33.3. The van der Waals surface area contributed by atoms with E-state index in [0.29, 0.717) is 12.1 Å². The number of benzene rings is 3. The van der Waals surface area contributed by atoms with Crippen LogP contribution in [0, 0.1) is 28.6 Å². The Labute approximate surface area is 337 Å². The molecular formula is C45H50N4O9. The highest BCUT2D eigenvalue weighted by Gasteiger charge is 2.50. The number of fused-ring (bicyclic) bond motifs is 1. The van der Waals surface area contributed by atoms with Gasteiger partial charge in [0, 0.05) is 35.9 Å². The Morgan fingerprint density at radius 3 is 2.03 bits per heavy atom. The number of carbonyl (C=O) groups excluding carboxylic acids is 6. The summed E-state index contributed by atoms with van der Waals surface area (Å²) in [5.41, 5.74) is 0.952. The van der Waals surface area contributed by atoms with E-state index < -0.39 is 47.8 Å². The number of methoxy groups -OCH3 is 1. The maximum absolute atomic E-state index is 14.1. The molecule has 4 aromatic rings. The summed E-state index contributed by atoms with van der Waals surface area (Å²) in [5.74, 6) is -2.38. The average molecular weight is 791 g/mol. The molecule has 1 atom stereocenters. The van der Waals surface area contributed by atoms with Crippen LogP contribution >= 0.6 is 0 Å². The second kappa shape index (κ2) is 16.5. The van der Waals surface area contributed by atoms with Crippen LogP contribution in [0.1, 0.15) is 112 Å². The molecule has 1 unspecified atom stereocenters. The highest BCUT2D eigenvalue weighted by atomic mass is 16.7. The molecule has 3 aromatic carbocycles. The van der Waals surface area contributed by atoms with Crippen LogP contribution in [0.5, 0.6) is 0 Å². The van der Waals surface area contributed by atoms with Gasteiger partial charge >= 0.3 is 17.9 Å². The lowest BCUT2D eigenvalue weighted by Gasteiger charge is -2.56. The largest absolute Gasteiger partial charge is 0.465 e. The topological polar surface area (TPSA) is 182 Å². The number of amides is 3. The molecule has 4 aliphatic carbocycles. The van der Waals surface area contributed by atoms with Crippen molar-refractivity contribution in [1.82, 2.24) is 15.6 Å². The lowest BCUT2D eigenvalue weighted by Crippen LogP contribution is -2.51. The summed E-state index contributed by atoms with van der Waals surface area (Å²) in [7, 11) is 1.18. The maximum atomic E-state index is 14.1. The Hall–Kier alpha value is -5.98. The highest BCUT2D eigenvalue weighted by Crippen LogP contribution is 2.59. The van der Waals surface area contributed by atoms with Gasteiger partial charge in [0.1, 0.15) is 0 Å². The summed E-state index contributed by atoms with van der Waals surface area (Å²) in [4.78, 5) is 83.0. The molecule has 13 heteroatoms. The first kappa shape index (κ1) is 40.2. The summed E-state index contributed by atoms with van der Waals surface area (Å²) in [6.07, 6.45) is 9.07. The van der Waals surface area contributed by atoms with E-state index in [4.69, 9.17) is 14.2 Å². The number of aromatic nitrogens is 1. The van der Waals surface area contributed by atoms with Gasteiger partial charge in [-0.2, -0.15) is 0 Å². The smallest absolute Gasteiger partial charge is 0.341 e. The fraction of sp³-hybridized carbons (Fsp3) is 0.422. The molecule has 0 radical (unpaired) electrons. The zero-order chi connectivity index (χ0) is 41.2. The Bertz CT molecular complexity index is 2200. The van der Waals surface area contributed by atoms with Gasteiger partial charge < -0.3 is 35.1 Å². The Morgan fingerprint density at radius 2 is 1.40 bits per heavy atom. The van der Waals surface area contributed by atoms with E-state index in [1.165, 1.54) is 44.6 Å². The van der Waals surface area contributed by atoms with E-state index in [-0.39, 0.29) is 45.8 Å². The number of anilines is 1. The third-order valence-corrected chi connectivity index (χ3v) is 11.8. The number of hydrogen-bond donors (Lipinski definition) is 4. The fourth-order valence-electron chi connectivity index (χ4n) is 9.40. The number of hydrogen-bond acceptors (Lipinski definition) is 9. The Morgan fingerprint density at radius 1 is 0.776 bits per heavy atom. The SMILES string of the molecule is COC(=O)c1cc(NC(=O)C(CNC(=O)c2cc3cc[nH]c3cc2C(=O)NCC23CC4CC(CC(C4)C2)C3)c2ccccc2)cc(C(=O)OCOC(=O)C(C)(C)C)c1. The fourth-order valence-corrected chi connectivity index (χ4v) is 9.40. The highest BCUT2D eigenvalue weighted by molar-refractivity contribution is 6.10. The molecule has 4 aliphatic rings. The molecule has 0 spiro atoms. The van der Waals surface area contributed by atoms with Gasteiger partial charge in [-0.05, 0) is 124 Å². The number of carbonyl (C=O) groups is 6. The number of H-pyrrole nitrogens is 1. The molecule has 8 rings (SSSR count). The Kier molecular flexibility index (Phi) is 11.4. The minimum atomic E-state index is -0.941. The van der Waals surface area contributed by atoms with E-state index in [1.54, 1.807) is 69.4 Å². The predicted molar refractivity (Wildman–Crippen MR) is 215 cm³/mol. The van der Waals surface area contributed by atoms with Crippen molar-refractivity contribution in [3.8, 4) is 0 Å². The summed E-state index contributed by atoms with van der Waals surface area (Å²) in [6.45, 7) is 4.73. The molecule has 4 saturated carbocycles. The van der Waals surface area contributed by atoms with Crippen molar-refractivity contribution in [3.05, 3.63) is 101 Å². The Balaban J connectivity index is 1.08. The van der Waals surface area contributed by atoms with Crippen LogP contribution in [0.25, 0.3) is 10.9 Å². The maximum Gasteiger partial charge on any atom is 0.341 e. The third kappa shape index (κ3) is 8.93. The molecule has 58 heavy (non-hydrogen) atoms. The van der Waals surface area contributed by atoms with Crippen LogP contribution in [0.2, 0.25) is 0 Å². The zero-order valence-electron chi connectivity index (χ0n) is 33.3. The van der Waals surface area contributed by atoms with Gasteiger partial charge in [0.25, 0.3) is 11.8 Å². The summed E-state index contributed by atoms with van der Waals surface area (Å²) < 4.78 is 15.1. The lowest BCUT2D eigenvalue weighted by molar-refractivity contribution is -0.161. The number of rotatable bonds is 13. The summed E-state index contributed by atoms with van der Waals surface area (Å²) in [5, 5.41) is 9.64. The van der Waals surface area contributed by atoms with Crippen molar-refractivity contribution in [2.75, 3.05) is 32.3 Å². The first-order chi connectivity index (χ1) is 27.7. The molecule has 304 valence electrons. The molecule has 0 saturated heterocycles. The van der Waals surface area contributed by atoms with Gasteiger partial charge in [0.05, 0.1) is 40.7 Å². The van der Waals surface area contributed by atoms with Gasteiger partial charge in [-0.1, -0.05) is 30.3 Å². The molecule has 4 N–H and O–H groups in total. The van der Waals surface area contributed by atoms with Crippen molar-refractivity contribution in [2.45, 2.75) is 65.2 Å². The minimum absolute atomic E-state index is 0.0438. The monoisotopic (exact) mass is 790 g/mol. The van der Waals surface area contributed by atoms with Crippen LogP contribution < -0.4 is 16.0 Å². The first-order valence-electron chi connectivity index (χ1n) is 19.8. The molecule has 4 fully saturated rings. The van der Waals surface area contributed by atoms with E-state index in [2.05, 4.69) is 20.9 Å². The number of ether oxygens (including phenoxy) is 3. The third-order valence-electron chi connectivity index (χ3n) is 11.8. The van der Waals surface area contributed by atoms with Crippen molar-refractivity contribution in [3.63, 3.8) is 0 Å². The number of aromatic amines is 1. The number of nitrogens with one attached hydrogen (secondary N) is 4. The molecule has 3 amide bonds. The molecule has 1 aromatic heterocycles. The second-order valence-electron chi connectivity index (χ2n) is 17.2. The normalized spacial score (nSPS) is 21.1. The molecule has 13 nitrogen and oxygen atoms in total. The van der Waals surface area contributed by atoms with E-state index in [1.807, 2.05) is 6.07 Å². The number of esters is 3. The molecule has 0 aliphatic heterocycles. The molecule has 4 bridgehead atoms. The average Bonchev–Trinajstić information content (AvgIpc) is 3.66. The van der Waals surface area contributed by atoms with Crippen molar-refractivity contribution in [2.24, 2.45) is 28.6 Å². The summed E-state index contributed by atoms with van der Waals surface area (Å²) >= 11 is 0. The molecule has 1 heterocycles. The van der Waals surface area contributed by atoms with Crippen molar-refractivity contribution >= 4 is 52.2 Å². The second-order valence-corrected chi connectivity index (χ2v) is 17.2. The summed E-state index contributed by atoms with van der Waals surface area (Å²) in [6, 6.07) is 17.9. The van der Waals surface area contributed by atoms with Crippen LogP contribution in [-0.4, -0.2) is 67.6 Å². The standard InChI is InChI=1S/C45H50N4O9/c1-44(2,3)43(55)58-25-57-42(54)32-15-31(41(53)56-4)16-33(17-32)49-40(52)36(29-8-6-5-7-9-29)23-47-38(50)34-18-30-10-11-46-37(30)19-35(34)39(51)48-24-45-20-26-12-27(21-45)14-28(13-26)22-45/h5-11,15-19,26-28,36,46H,12-14,20-25H2,1-4H3,(H,47,50)(H,48,51)(H,49,52). The van der Waals surface area contributed by atoms with E-state index >= 15 is 0 Å². The van der Waals surface area contributed by atoms with Crippen molar-refractivity contribution < 1.29 is 43.0 Å². The van der Waals surface area contributed by atoms with Gasteiger partial charge in [-0.25, -0.2) is 9.59 Å².